The van der Waals surface area contributed by atoms with E-state index < -0.39 is 11.9 Å². The number of ether oxygens (including phenoxy) is 2. The van der Waals surface area contributed by atoms with Crippen molar-refractivity contribution >= 4 is 40.2 Å². The molecule has 184 valence electrons. The van der Waals surface area contributed by atoms with E-state index in [0.717, 1.165) is 35.1 Å². The van der Waals surface area contributed by atoms with Gasteiger partial charge in [0.2, 0.25) is 0 Å². The maximum atomic E-state index is 13.0. The summed E-state index contributed by atoms with van der Waals surface area (Å²) in [5.74, 6) is 0.554. The van der Waals surface area contributed by atoms with Crippen molar-refractivity contribution in [2.75, 3.05) is 19.0 Å². The van der Waals surface area contributed by atoms with Gasteiger partial charge in [-0.1, -0.05) is 6.07 Å². The van der Waals surface area contributed by atoms with Gasteiger partial charge in [-0.3, -0.25) is 4.79 Å². The number of hydrogen-bond acceptors (Lipinski definition) is 8. The fourth-order valence-corrected chi connectivity index (χ4v) is 5.69. The minimum atomic E-state index is -0.438. The molecule has 0 fully saturated rings. The Morgan fingerprint density at radius 1 is 1.25 bits per heavy atom. The molecule has 0 saturated carbocycles. The molecule has 1 atom stereocenters. The summed E-state index contributed by atoms with van der Waals surface area (Å²) in [5, 5.41) is 4.64. The molecule has 2 aliphatic rings. The van der Waals surface area contributed by atoms with E-state index in [1.807, 2.05) is 30.3 Å². The van der Waals surface area contributed by atoms with E-state index in [2.05, 4.69) is 20.3 Å². The number of Topliss-reactive ketones (excluding diaryl/α,β-unsaturated/α-hetero) is 1. The molecule has 9 nitrogen and oxygen atoms in total. The lowest BCUT2D eigenvalue weighted by Gasteiger charge is -2.31. The number of methoxy groups -OCH3 is 1. The van der Waals surface area contributed by atoms with E-state index in [-0.39, 0.29) is 12.4 Å². The normalized spacial score (nSPS) is 17.1. The molecule has 6 rings (SSSR count). The third-order valence-corrected chi connectivity index (χ3v) is 7.29. The third-order valence-electron chi connectivity index (χ3n) is 6.48. The minimum Gasteiger partial charge on any atom is -0.494 e. The number of aromatic nitrogens is 3. The van der Waals surface area contributed by atoms with Gasteiger partial charge in [-0.25, -0.2) is 9.78 Å². The number of esters is 1. The van der Waals surface area contributed by atoms with Crippen LogP contribution in [-0.4, -0.2) is 40.4 Å². The van der Waals surface area contributed by atoms with Gasteiger partial charge in [0, 0.05) is 29.5 Å². The van der Waals surface area contributed by atoms with Gasteiger partial charge < -0.3 is 29.2 Å². The van der Waals surface area contributed by atoms with Gasteiger partial charge in [-0.15, -0.1) is 0 Å². The molecule has 36 heavy (non-hydrogen) atoms. The number of imidazole rings is 1. The summed E-state index contributed by atoms with van der Waals surface area (Å²) >= 11 is 1.36. The second-order valence-electron chi connectivity index (χ2n) is 8.60. The lowest BCUT2D eigenvalue weighted by atomic mass is 9.78. The zero-order valence-corrected chi connectivity index (χ0v) is 20.6. The predicted molar refractivity (Wildman–Crippen MR) is 134 cm³/mol. The Kier molecular flexibility index (Phi) is 5.60. The summed E-state index contributed by atoms with van der Waals surface area (Å²) in [6.45, 7) is 2.04. The molecule has 1 unspecified atom stereocenters. The van der Waals surface area contributed by atoms with Gasteiger partial charge in [-0.05, 0) is 55.8 Å². The number of fused-ring (bicyclic) bond motifs is 2. The Labute approximate surface area is 210 Å². The van der Waals surface area contributed by atoms with Gasteiger partial charge >= 0.3 is 5.97 Å². The summed E-state index contributed by atoms with van der Waals surface area (Å²) in [6.07, 6.45) is 3.74. The average molecular weight is 505 g/mol. The van der Waals surface area contributed by atoms with Crippen molar-refractivity contribution in [1.82, 2.24) is 15.0 Å². The van der Waals surface area contributed by atoms with Gasteiger partial charge in [0.25, 0.3) is 0 Å². The lowest BCUT2D eigenvalue weighted by molar-refractivity contribution is -0.116. The highest BCUT2D eigenvalue weighted by atomic mass is 32.2. The molecule has 0 spiro atoms. The number of carbonyl (C=O) groups is 2. The van der Waals surface area contributed by atoms with Gasteiger partial charge in [0.1, 0.15) is 22.7 Å². The van der Waals surface area contributed by atoms with Crippen molar-refractivity contribution in [2.24, 2.45) is 0 Å². The number of carbonyl (C=O) groups excluding carboxylic acids is 2. The van der Waals surface area contributed by atoms with E-state index in [1.54, 1.807) is 20.2 Å². The van der Waals surface area contributed by atoms with Crippen LogP contribution in [0.2, 0.25) is 0 Å². The molecule has 1 aromatic carbocycles. The largest absolute Gasteiger partial charge is 0.494 e. The maximum Gasteiger partial charge on any atom is 0.356 e. The van der Waals surface area contributed by atoms with Crippen molar-refractivity contribution < 1.29 is 23.5 Å². The Morgan fingerprint density at radius 3 is 2.97 bits per heavy atom. The fraction of sp³-hybridized carbons (Fsp3) is 0.269. The Hall–Kier alpha value is -3.92. The van der Waals surface area contributed by atoms with Gasteiger partial charge in [0.15, 0.2) is 16.0 Å². The Morgan fingerprint density at radius 2 is 2.14 bits per heavy atom. The van der Waals surface area contributed by atoms with Crippen LogP contribution in [0.5, 0.6) is 5.75 Å². The molecule has 0 amide bonds. The number of nitrogens with one attached hydrogen (secondary N) is 3. The third kappa shape index (κ3) is 3.69. The second-order valence-corrected chi connectivity index (χ2v) is 9.59. The lowest BCUT2D eigenvalue weighted by Crippen LogP contribution is -2.26. The van der Waals surface area contributed by atoms with Crippen molar-refractivity contribution in [3.8, 4) is 5.75 Å². The zero-order chi connectivity index (χ0) is 24.8. The monoisotopic (exact) mass is 504 g/mol. The van der Waals surface area contributed by atoms with Crippen LogP contribution in [0.15, 0.2) is 62.5 Å². The highest BCUT2D eigenvalue weighted by Gasteiger charge is 2.39. The number of aromatic amines is 2. The highest BCUT2D eigenvalue weighted by Crippen LogP contribution is 2.47. The van der Waals surface area contributed by atoms with Crippen LogP contribution in [0.4, 0.5) is 5.69 Å². The van der Waals surface area contributed by atoms with Crippen LogP contribution < -0.4 is 10.1 Å². The molecule has 0 radical (unpaired) electrons. The van der Waals surface area contributed by atoms with Gasteiger partial charge in [-0.2, -0.15) is 0 Å². The Balaban J connectivity index is 1.37. The van der Waals surface area contributed by atoms with Gasteiger partial charge in [0.05, 0.1) is 30.8 Å². The smallest absolute Gasteiger partial charge is 0.356 e. The number of para-hydroxylation sites is 1. The first-order valence-corrected chi connectivity index (χ1v) is 12.6. The number of rotatable bonds is 6. The first-order chi connectivity index (χ1) is 17.6. The molecule has 1 aliphatic heterocycles. The minimum absolute atomic E-state index is 0.0910. The molecular weight excluding hydrogens is 480 g/mol. The molecule has 4 aromatic rings. The molecule has 3 aromatic heterocycles. The first-order valence-electron chi connectivity index (χ1n) is 11.8. The SMILES string of the molecule is CCOC(=O)c1[nH]cc2c1NC1=C(C(=O)CCC1)C2c1ccc(Sc2nc3c(OC)cccc3[nH]2)o1. The first kappa shape index (κ1) is 22.5. The summed E-state index contributed by atoms with van der Waals surface area (Å²) in [6, 6.07) is 9.47. The number of nitrogens with zero attached hydrogens (tertiary/aromatic N) is 1. The van der Waals surface area contributed by atoms with E-state index >= 15 is 0 Å². The van der Waals surface area contributed by atoms with E-state index in [9.17, 15) is 9.59 Å². The standard InChI is InChI=1S/C26H24N4O5S/c1-3-34-25(32)24-22-13(12-27-24)20(21-14(28-22)6-4-8-16(21)31)17-10-11-19(35-17)36-26-29-15-7-5-9-18(33-2)23(15)30-26/h5,7,9-12,20,27-28H,3-4,6,8H2,1-2H3,(H,29,30). The van der Waals surface area contributed by atoms with Crippen LogP contribution in [0.1, 0.15) is 53.9 Å². The van der Waals surface area contributed by atoms with Crippen LogP contribution in [0.25, 0.3) is 11.0 Å². The number of benzene rings is 1. The predicted octanol–water partition coefficient (Wildman–Crippen LogP) is 5.39. The molecule has 3 N–H and O–H groups in total. The molecule has 10 heteroatoms. The molecule has 1 aliphatic carbocycles. The van der Waals surface area contributed by atoms with E-state index in [0.29, 0.717) is 45.1 Å². The molecule has 4 heterocycles. The molecular formula is C26H24N4O5S. The number of furan rings is 1. The number of H-pyrrole nitrogens is 2. The quantitative estimate of drug-likeness (QED) is 0.299. The van der Waals surface area contributed by atoms with Crippen molar-refractivity contribution in [1.29, 1.82) is 0 Å². The zero-order valence-electron chi connectivity index (χ0n) is 19.8. The van der Waals surface area contributed by atoms with Crippen LogP contribution in [0.3, 0.4) is 0 Å². The fourth-order valence-electron chi connectivity index (χ4n) is 4.93. The van der Waals surface area contributed by atoms with E-state index in [4.69, 9.17) is 13.9 Å². The Bertz CT molecular complexity index is 1530. The van der Waals surface area contributed by atoms with Crippen molar-refractivity contribution in [3.05, 3.63) is 64.8 Å². The maximum absolute atomic E-state index is 13.0. The summed E-state index contributed by atoms with van der Waals surface area (Å²) in [4.78, 5) is 36.6. The van der Waals surface area contributed by atoms with Crippen molar-refractivity contribution in [3.63, 3.8) is 0 Å². The molecule has 0 saturated heterocycles. The topological polar surface area (TPSA) is 122 Å². The van der Waals surface area contributed by atoms with E-state index in [1.165, 1.54) is 11.8 Å². The average Bonchev–Trinajstić information content (AvgIpc) is 3.61. The molecule has 0 bridgehead atoms. The van der Waals surface area contributed by atoms with Crippen LogP contribution >= 0.6 is 11.8 Å². The number of allylic oxidation sites excluding steroid dienone is 2. The second kappa shape index (κ2) is 8.94. The highest BCUT2D eigenvalue weighted by molar-refractivity contribution is 7.99. The number of anilines is 1. The summed E-state index contributed by atoms with van der Waals surface area (Å²) in [7, 11) is 1.62. The van der Waals surface area contributed by atoms with Crippen LogP contribution in [-0.2, 0) is 9.53 Å². The van der Waals surface area contributed by atoms with Crippen molar-refractivity contribution in [2.45, 2.75) is 42.4 Å². The number of hydrogen-bond donors (Lipinski definition) is 3. The summed E-state index contributed by atoms with van der Waals surface area (Å²) < 4.78 is 16.9. The number of ketones is 1. The summed E-state index contributed by atoms with van der Waals surface area (Å²) in [5.41, 5.74) is 4.92. The van der Waals surface area contributed by atoms with Crippen LogP contribution in [0, 0.1) is 0 Å².